The molecular weight excluding hydrogens is 328 g/mol. The predicted molar refractivity (Wildman–Crippen MR) is 101 cm³/mol. The van der Waals surface area contributed by atoms with Crippen molar-refractivity contribution in [3.63, 3.8) is 0 Å². The van der Waals surface area contributed by atoms with E-state index in [0.717, 1.165) is 30.9 Å². The zero-order valence-corrected chi connectivity index (χ0v) is 16.0. The van der Waals surface area contributed by atoms with E-state index >= 15 is 0 Å². The predicted octanol–water partition coefficient (Wildman–Crippen LogP) is 2.27. The first-order chi connectivity index (χ1) is 12.4. The summed E-state index contributed by atoms with van der Waals surface area (Å²) >= 11 is 0. The van der Waals surface area contributed by atoms with Crippen LogP contribution in [0.25, 0.3) is 0 Å². The summed E-state index contributed by atoms with van der Waals surface area (Å²) in [5.41, 5.74) is 3.81. The molecule has 0 unspecified atom stereocenters. The molecule has 1 aromatic heterocycles. The largest absolute Gasteiger partial charge is 0.373 e. The number of ether oxygens (including phenoxy) is 1. The van der Waals surface area contributed by atoms with Gasteiger partial charge in [-0.2, -0.15) is 5.10 Å². The van der Waals surface area contributed by atoms with Gasteiger partial charge in [0, 0.05) is 33.2 Å². The van der Waals surface area contributed by atoms with Gasteiger partial charge in [-0.25, -0.2) is 0 Å². The van der Waals surface area contributed by atoms with Crippen LogP contribution in [0.5, 0.6) is 0 Å². The van der Waals surface area contributed by atoms with Gasteiger partial charge in [-0.1, -0.05) is 24.3 Å². The summed E-state index contributed by atoms with van der Waals surface area (Å²) in [5.74, 6) is -0.100. The summed E-state index contributed by atoms with van der Waals surface area (Å²) in [5, 5.41) is 7.26. The number of benzene rings is 1. The quantitative estimate of drug-likeness (QED) is 0.893. The zero-order valence-electron chi connectivity index (χ0n) is 16.0. The zero-order chi connectivity index (χ0) is 18.7. The van der Waals surface area contributed by atoms with Gasteiger partial charge in [0.05, 0.1) is 17.9 Å². The van der Waals surface area contributed by atoms with Crippen molar-refractivity contribution in [2.75, 3.05) is 13.1 Å². The van der Waals surface area contributed by atoms with E-state index < -0.39 is 0 Å². The molecule has 2 aromatic rings. The van der Waals surface area contributed by atoms with Gasteiger partial charge >= 0.3 is 0 Å². The lowest BCUT2D eigenvalue weighted by Gasteiger charge is -2.35. The second-order valence-corrected chi connectivity index (χ2v) is 7.20. The number of carbonyl (C=O) groups is 1. The number of hydrogen-bond donors (Lipinski definition) is 1. The molecule has 1 aliphatic rings. The molecule has 3 rings (SSSR count). The molecule has 0 radical (unpaired) electrons. The molecule has 1 saturated heterocycles. The maximum atomic E-state index is 12.4. The topological polar surface area (TPSA) is 59.4 Å². The van der Waals surface area contributed by atoms with Crippen LogP contribution in [-0.4, -0.2) is 45.9 Å². The number of hydrogen-bond acceptors (Lipinski definition) is 4. The van der Waals surface area contributed by atoms with E-state index in [1.165, 1.54) is 5.56 Å². The summed E-state index contributed by atoms with van der Waals surface area (Å²) in [4.78, 5) is 14.9. The highest BCUT2D eigenvalue weighted by Gasteiger charge is 2.22. The fraction of sp³-hybridized carbons (Fsp3) is 0.500. The summed E-state index contributed by atoms with van der Waals surface area (Å²) in [7, 11) is 1.79. The van der Waals surface area contributed by atoms with Crippen LogP contribution in [0.1, 0.15) is 41.2 Å². The highest BCUT2D eigenvalue weighted by atomic mass is 16.5. The normalized spacial score (nSPS) is 20.9. The maximum absolute atomic E-state index is 12.4. The summed E-state index contributed by atoms with van der Waals surface area (Å²) in [6.07, 6.45) is 0.498. The van der Waals surface area contributed by atoms with Crippen LogP contribution >= 0.6 is 0 Å². The maximum Gasteiger partial charge on any atom is 0.269 e. The van der Waals surface area contributed by atoms with Gasteiger partial charge in [0.1, 0.15) is 5.69 Å². The Labute approximate surface area is 155 Å². The van der Waals surface area contributed by atoms with Crippen LogP contribution in [0.15, 0.2) is 30.3 Å². The third-order valence-corrected chi connectivity index (χ3v) is 4.68. The molecule has 26 heavy (non-hydrogen) atoms. The van der Waals surface area contributed by atoms with Crippen molar-refractivity contribution < 1.29 is 9.53 Å². The Bertz CT molecular complexity index is 761. The Morgan fingerprint density at radius 3 is 2.50 bits per heavy atom. The van der Waals surface area contributed by atoms with E-state index in [-0.39, 0.29) is 18.1 Å². The van der Waals surface area contributed by atoms with Crippen LogP contribution in [0.4, 0.5) is 0 Å². The standard InChI is InChI=1S/C20H28N4O2/c1-14-9-19(23(4)22-14)20(25)21-10-17-7-5-6-8-18(17)13-24-11-15(2)26-16(3)12-24/h5-9,15-16H,10-13H2,1-4H3,(H,21,25)/t15-,16-/m1/s1. The molecule has 1 aromatic carbocycles. The van der Waals surface area contributed by atoms with Gasteiger partial charge in [0.15, 0.2) is 0 Å². The molecule has 0 aliphatic carbocycles. The van der Waals surface area contributed by atoms with E-state index in [1.807, 2.05) is 13.0 Å². The fourth-order valence-corrected chi connectivity index (χ4v) is 3.63. The van der Waals surface area contributed by atoms with E-state index in [0.29, 0.717) is 12.2 Å². The Morgan fingerprint density at radius 1 is 1.23 bits per heavy atom. The summed E-state index contributed by atoms with van der Waals surface area (Å²) < 4.78 is 7.44. The van der Waals surface area contributed by atoms with Crippen molar-refractivity contribution in [1.29, 1.82) is 0 Å². The number of nitrogens with zero attached hydrogens (tertiary/aromatic N) is 3. The molecule has 1 aliphatic heterocycles. The molecule has 1 fully saturated rings. The van der Waals surface area contributed by atoms with Gasteiger partial charge in [-0.15, -0.1) is 0 Å². The lowest BCUT2D eigenvalue weighted by Crippen LogP contribution is -2.45. The summed E-state index contributed by atoms with van der Waals surface area (Å²) in [6, 6.07) is 10.1. The Balaban J connectivity index is 1.65. The van der Waals surface area contributed by atoms with E-state index in [9.17, 15) is 4.79 Å². The average molecular weight is 356 g/mol. The number of rotatable bonds is 5. The lowest BCUT2D eigenvalue weighted by molar-refractivity contribution is -0.0705. The number of aryl methyl sites for hydroxylation is 2. The minimum atomic E-state index is -0.100. The molecule has 2 atom stereocenters. The first-order valence-electron chi connectivity index (χ1n) is 9.16. The van der Waals surface area contributed by atoms with Crippen molar-refractivity contribution in [2.24, 2.45) is 7.05 Å². The van der Waals surface area contributed by atoms with Crippen LogP contribution < -0.4 is 5.32 Å². The molecule has 6 heteroatoms. The Kier molecular flexibility index (Phi) is 5.74. The van der Waals surface area contributed by atoms with Crippen molar-refractivity contribution >= 4 is 5.91 Å². The van der Waals surface area contributed by atoms with Gasteiger partial charge in [0.25, 0.3) is 5.91 Å². The van der Waals surface area contributed by atoms with Crippen molar-refractivity contribution in [3.8, 4) is 0 Å². The van der Waals surface area contributed by atoms with Crippen LogP contribution in [0.2, 0.25) is 0 Å². The van der Waals surface area contributed by atoms with Gasteiger partial charge in [-0.3, -0.25) is 14.4 Å². The molecule has 0 bridgehead atoms. The second-order valence-electron chi connectivity index (χ2n) is 7.20. The number of morpholine rings is 1. The molecule has 0 saturated carbocycles. The Hall–Kier alpha value is -2.18. The van der Waals surface area contributed by atoms with Gasteiger partial charge in [-0.05, 0) is 38.0 Å². The van der Waals surface area contributed by atoms with E-state index in [2.05, 4.69) is 47.4 Å². The van der Waals surface area contributed by atoms with Crippen molar-refractivity contribution in [2.45, 2.75) is 46.1 Å². The molecule has 0 spiro atoms. The number of aromatic nitrogens is 2. The third-order valence-electron chi connectivity index (χ3n) is 4.68. The Morgan fingerprint density at radius 2 is 1.88 bits per heavy atom. The SMILES string of the molecule is Cc1cc(C(=O)NCc2ccccc2CN2C[C@@H](C)O[C@H](C)C2)n(C)n1. The monoisotopic (exact) mass is 356 g/mol. The van der Waals surface area contributed by atoms with Crippen molar-refractivity contribution in [1.82, 2.24) is 20.0 Å². The molecular formula is C20H28N4O2. The van der Waals surface area contributed by atoms with E-state index in [1.54, 1.807) is 17.8 Å². The number of amides is 1. The van der Waals surface area contributed by atoms with Crippen LogP contribution in [0.3, 0.4) is 0 Å². The molecule has 6 nitrogen and oxygen atoms in total. The second kappa shape index (κ2) is 8.01. The molecule has 140 valence electrons. The van der Waals surface area contributed by atoms with Gasteiger partial charge in [0.2, 0.25) is 0 Å². The van der Waals surface area contributed by atoms with Crippen LogP contribution in [-0.2, 0) is 24.9 Å². The summed E-state index contributed by atoms with van der Waals surface area (Å²) in [6.45, 7) is 9.36. The van der Waals surface area contributed by atoms with E-state index in [4.69, 9.17) is 4.74 Å². The number of nitrogens with one attached hydrogen (secondary N) is 1. The lowest BCUT2D eigenvalue weighted by atomic mass is 10.1. The molecule has 1 N–H and O–H groups in total. The minimum Gasteiger partial charge on any atom is -0.373 e. The highest BCUT2D eigenvalue weighted by molar-refractivity contribution is 5.92. The highest BCUT2D eigenvalue weighted by Crippen LogP contribution is 2.17. The number of carbonyl (C=O) groups excluding carboxylic acids is 1. The minimum absolute atomic E-state index is 0.100. The molecule has 2 heterocycles. The van der Waals surface area contributed by atoms with Gasteiger partial charge < -0.3 is 10.1 Å². The average Bonchev–Trinajstić information content (AvgIpc) is 2.91. The molecule has 1 amide bonds. The first-order valence-corrected chi connectivity index (χ1v) is 9.16. The fourth-order valence-electron chi connectivity index (χ4n) is 3.63. The van der Waals surface area contributed by atoms with Crippen LogP contribution in [0, 0.1) is 6.92 Å². The smallest absolute Gasteiger partial charge is 0.269 e. The van der Waals surface area contributed by atoms with Crippen molar-refractivity contribution in [3.05, 3.63) is 52.8 Å². The first kappa shape index (κ1) is 18.6. The third kappa shape index (κ3) is 4.51.